The van der Waals surface area contributed by atoms with E-state index in [2.05, 4.69) is 43.8 Å². The number of hydrogen-bond acceptors (Lipinski definition) is 2. The minimum absolute atomic E-state index is 0.0609. The average molecular weight is 458 g/mol. The summed E-state index contributed by atoms with van der Waals surface area (Å²) in [5, 5.41) is 13.5. The van der Waals surface area contributed by atoms with Crippen LogP contribution < -0.4 is 5.32 Å². The zero-order valence-electron chi connectivity index (χ0n) is 11.1. The second-order valence-corrected chi connectivity index (χ2v) is 7.07. The van der Waals surface area contributed by atoms with Gasteiger partial charge in [-0.2, -0.15) is 0 Å². The number of rotatable bonds is 2. The zero-order chi connectivity index (χ0) is 15.0. The van der Waals surface area contributed by atoms with Crippen molar-refractivity contribution in [3.63, 3.8) is 0 Å². The molecule has 0 saturated carbocycles. The van der Waals surface area contributed by atoms with Gasteiger partial charge >= 0.3 is 0 Å². The fourth-order valence-electron chi connectivity index (χ4n) is 2.50. The molecule has 0 radical (unpaired) electrons. The Morgan fingerprint density at radius 3 is 2.86 bits per heavy atom. The lowest BCUT2D eigenvalue weighted by Crippen LogP contribution is -2.31. The van der Waals surface area contributed by atoms with Gasteiger partial charge in [0.1, 0.15) is 6.10 Å². The van der Waals surface area contributed by atoms with Crippen molar-refractivity contribution in [1.29, 1.82) is 0 Å². The topological polar surface area (TPSA) is 49.3 Å². The van der Waals surface area contributed by atoms with Crippen LogP contribution in [0.1, 0.15) is 33.2 Å². The monoisotopic (exact) mass is 457 g/mol. The maximum absolute atomic E-state index is 11.9. The highest BCUT2D eigenvalue weighted by Gasteiger charge is 2.20. The minimum Gasteiger partial charge on any atom is -0.384 e. The van der Waals surface area contributed by atoms with E-state index in [1.807, 2.05) is 30.3 Å². The van der Waals surface area contributed by atoms with Crippen molar-refractivity contribution >= 4 is 44.4 Å². The first kappa shape index (κ1) is 15.0. The van der Waals surface area contributed by atoms with Crippen molar-refractivity contribution in [2.45, 2.75) is 12.5 Å². The summed E-state index contributed by atoms with van der Waals surface area (Å²) in [6.45, 7) is 0.678. The third-order valence-electron chi connectivity index (χ3n) is 3.63. The van der Waals surface area contributed by atoms with E-state index in [1.165, 1.54) is 0 Å². The van der Waals surface area contributed by atoms with Crippen molar-refractivity contribution in [1.82, 2.24) is 5.32 Å². The van der Waals surface area contributed by atoms with Gasteiger partial charge in [0.15, 0.2) is 0 Å². The molecule has 0 aliphatic carbocycles. The molecule has 2 N–H and O–H groups in total. The average Bonchev–Trinajstić information content (AvgIpc) is 2.49. The molecule has 1 unspecified atom stereocenters. The van der Waals surface area contributed by atoms with E-state index in [1.54, 1.807) is 6.07 Å². The van der Waals surface area contributed by atoms with Gasteiger partial charge in [-0.25, -0.2) is 0 Å². The highest BCUT2D eigenvalue weighted by Crippen LogP contribution is 2.30. The number of amides is 1. The van der Waals surface area contributed by atoms with Gasteiger partial charge < -0.3 is 10.4 Å². The van der Waals surface area contributed by atoms with Crippen LogP contribution in [0.5, 0.6) is 0 Å². The number of aliphatic hydroxyl groups is 1. The minimum atomic E-state index is -0.741. The van der Waals surface area contributed by atoms with Crippen molar-refractivity contribution in [3.05, 3.63) is 66.7 Å². The number of carbonyl (C=O) groups excluding carboxylic acids is 1. The molecule has 21 heavy (non-hydrogen) atoms. The molecular weight excluding hydrogens is 445 g/mol. The standard InChI is InChI=1S/C16H13BrINO2/c17-11-3-4-14(18)13(8-11)15(20)10-2-1-9-5-6-19-16(21)12(9)7-10/h1-4,7-8,15,20H,5-6H2,(H,19,21). The van der Waals surface area contributed by atoms with Crippen molar-refractivity contribution in [2.24, 2.45) is 0 Å². The molecule has 1 aliphatic heterocycles. The molecule has 0 spiro atoms. The van der Waals surface area contributed by atoms with E-state index < -0.39 is 6.10 Å². The molecule has 108 valence electrons. The highest BCUT2D eigenvalue weighted by atomic mass is 127. The molecule has 2 aromatic carbocycles. The Kier molecular flexibility index (Phi) is 4.33. The number of benzene rings is 2. The van der Waals surface area contributed by atoms with Crippen LogP contribution in [-0.4, -0.2) is 17.6 Å². The molecule has 0 saturated heterocycles. The largest absolute Gasteiger partial charge is 0.384 e. The predicted octanol–water partition coefficient (Wildman–Crippen LogP) is 3.42. The summed E-state index contributed by atoms with van der Waals surface area (Å²) in [5.74, 6) is -0.0609. The first-order valence-corrected chi connectivity index (χ1v) is 8.47. The van der Waals surface area contributed by atoms with Crippen LogP contribution in [-0.2, 0) is 6.42 Å². The number of carbonyl (C=O) groups is 1. The number of nitrogens with one attached hydrogen (secondary N) is 1. The van der Waals surface area contributed by atoms with E-state index in [-0.39, 0.29) is 5.91 Å². The number of halogens is 2. The van der Waals surface area contributed by atoms with Crippen molar-refractivity contribution in [2.75, 3.05) is 6.54 Å². The number of hydrogen-bond donors (Lipinski definition) is 2. The van der Waals surface area contributed by atoms with Crippen LogP contribution in [0, 0.1) is 3.57 Å². The lowest BCUT2D eigenvalue weighted by Gasteiger charge is -2.20. The fourth-order valence-corrected chi connectivity index (χ4v) is 3.51. The maximum atomic E-state index is 11.9. The number of fused-ring (bicyclic) bond motifs is 1. The molecular formula is C16H13BrINO2. The first-order chi connectivity index (χ1) is 10.1. The molecule has 5 heteroatoms. The van der Waals surface area contributed by atoms with E-state index >= 15 is 0 Å². The smallest absolute Gasteiger partial charge is 0.251 e. The van der Waals surface area contributed by atoms with Crippen molar-refractivity contribution < 1.29 is 9.90 Å². The molecule has 1 atom stereocenters. The van der Waals surface area contributed by atoms with Crippen LogP contribution >= 0.6 is 38.5 Å². The van der Waals surface area contributed by atoms with Crippen LogP contribution in [0.4, 0.5) is 0 Å². The van der Waals surface area contributed by atoms with E-state index in [0.717, 1.165) is 31.2 Å². The van der Waals surface area contributed by atoms with Gasteiger partial charge in [0.25, 0.3) is 5.91 Å². The Balaban J connectivity index is 2.02. The Morgan fingerprint density at radius 1 is 1.24 bits per heavy atom. The predicted molar refractivity (Wildman–Crippen MR) is 93.4 cm³/mol. The zero-order valence-corrected chi connectivity index (χ0v) is 14.8. The molecule has 0 fully saturated rings. The van der Waals surface area contributed by atoms with Gasteiger partial charge in [-0.1, -0.05) is 28.1 Å². The molecule has 2 aromatic rings. The second-order valence-electron chi connectivity index (χ2n) is 4.99. The highest BCUT2D eigenvalue weighted by molar-refractivity contribution is 14.1. The van der Waals surface area contributed by atoms with Crippen LogP contribution in [0.2, 0.25) is 0 Å². The maximum Gasteiger partial charge on any atom is 0.251 e. The second kappa shape index (κ2) is 6.06. The first-order valence-electron chi connectivity index (χ1n) is 6.60. The fraction of sp³-hybridized carbons (Fsp3) is 0.188. The molecule has 1 aliphatic rings. The van der Waals surface area contributed by atoms with Gasteiger partial charge in [0.2, 0.25) is 0 Å². The lowest BCUT2D eigenvalue weighted by molar-refractivity contribution is 0.0945. The summed E-state index contributed by atoms with van der Waals surface area (Å²) in [5.41, 5.74) is 3.28. The van der Waals surface area contributed by atoms with Gasteiger partial charge in [-0.3, -0.25) is 4.79 Å². The summed E-state index contributed by atoms with van der Waals surface area (Å²) >= 11 is 5.63. The summed E-state index contributed by atoms with van der Waals surface area (Å²) in [6, 6.07) is 11.4. The SMILES string of the molecule is O=C1NCCc2ccc(C(O)c3cc(Br)ccc3I)cc21. The molecule has 1 amide bonds. The summed E-state index contributed by atoms with van der Waals surface area (Å²) in [6.07, 6.45) is 0.0979. The van der Waals surface area contributed by atoms with Gasteiger partial charge in [0, 0.05) is 20.2 Å². The molecule has 0 aromatic heterocycles. The Labute approximate surface area is 145 Å². The quantitative estimate of drug-likeness (QED) is 0.679. The van der Waals surface area contributed by atoms with Crippen LogP contribution in [0.3, 0.4) is 0 Å². The normalized spacial score (nSPS) is 15.3. The van der Waals surface area contributed by atoms with Gasteiger partial charge in [-0.15, -0.1) is 0 Å². The molecule has 3 rings (SSSR count). The summed E-state index contributed by atoms with van der Waals surface area (Å²) in [4.78, 5) is 11.9. The molecule has 0 bridgehead atoms. The van der Waals surface area contributed by atoms with Gasteiger partial charge in [-0.05, 0) is 70.0 Å². The Hall–Kier alpha value is -0.920. The van der Waals surface area contributed by atoms with E-state index in [9.17, 15) is 9.90 Å². The third-order valence-corrected chi connectivity index (χ3v) is 5.10. The Bertz CT molecular complexity index is 717. The Morgan fingerprint density at radius 2 is 2.05 bits per heavy atom. The van der Waals surface area contributed by atoms with Gasteiger partial charge in [0.05, 0.1) is 0 Å². The van der Waals surface area contributed by atoms with E-state index in [4.69, 9.17) is 0 Å². The van der Waals surface area contributed by atoms with E-state index in [0.29, 0.717) is 12.1 Å². The van der Waals surface area contributed by atoms with Crippen molar-refractivity contribution in [3.8, 4) is 0 Å². The summed E-state index contributed by atoms with van der Waals surface area (Å²) in [7, 11) is 0. The lowest BCUT2D eigenvalue weighted by atomic mass is 9.94. The van der Waals surface area contributed by atoms with Crippen LogP contribution in [0.25, 0.3) is 0 Å². The van der Waals surface area contributed by atoms with Crippen LogP contribution in [0.15, 0.2) is 40.9 Å². The molecule has 3 nitrogen and oxygen atoms in total. The summed E-state index contributed by atoms with van der Waals surface area (Å²) < 4.78 is 1.91. The molecule has 1 heterocycles. The number of aliphatic hydroxyl groups excluding tert-OH is 1. The third kappa shape index (κ3) is 3.00.